The maximum atomic E-state index is 5.98. The van der Waals surface area contributed by atoms with Gasteiger partial charge in [-0.25, -0.2) is 0 Å². The Morgan fingerprint density at radius 1 is 0.875 bits per heavy atom. The summed E-state index contributed by atoms with van der Waals surface area (Å²) in [4.78, 5) is 4.09. The van der Waals surface area contributed by atoms with Crippen molar-refractivity contribution in [1.82, 2.24) is 4.98 Å². The van der Waals surface area contributed by atoms with E-state index in [1.807, 2.05) is 54.6 Å². The van der Waals surface area contributed by atoms with Crippen molar-refractivity contribution in [3.8, 4) is 11.1 Å². The molecule has 6 heteroatoms. The van der Waals surface area contributed by atoms with E-state index in [9.17, 15) is 0 Å². The number of anilines is 1. The van der Waals surface area contributed by atoms with E-state index in [1.165, 1.54) is 0 Å². The number of amidine groups is 1. The summed E-state index contributed by atoms with van der Waals surface area (Å²) in [5, 5.41) is 11.6. The van der Waals surface area contributed by atoms with Crippen molar-refractivity contribution in [3.05, 3.63) is 78.6 Å². The largest absolute Gasteiger partial charge is 0.398 e. The second-order valence-electron chi connectivity index (χ2n) is 5.02. The predicted molar refractivity (Wildman–Crippen MR) is 95.8 cm³/mol. The maximum absolute atomic E-state index is 5.98. The molecule has 3 rings (SSSR count). The van der Waals surface area contributed by atoms with E-state index in [4.69, 9.17) is 11.5 Å². The molecule has 4 N–H and O–H groups in total. The lowest BCUT2D eigenvalue weighted by atomic mass is 10.0. The molecule has 0 fully saturated rings. The number of rotatable bonds is 4. The van der Waals surface area contributed by atoms with Crippen LogP contribution in [0.1, 0.15) is 5.69 Å². The minimum Gasteiger partial charge on any atom is -0.398 e. The Kier molecular flexibility index (Phi) is 4.57. The molecule has 0 aliphatic heterocycles. The number of benzene rings is 2. The predicted octanol–water partition coefficient (Wildman–Crippen LogP) is 3.74. The summed E-state index contributed by atoms with van der Waals surface area (Å²) in [5.41, 5.74) is 15.7. The average Bonchev–Trinajstić information content (AvgIpc) is 2.63. The summed E-state index contributed by atoms with van der Waals surface area (Å²) in [6.07, 6.45) is 1.64. The normalized spacial score (nSPS) is 11.8. The first-order valence-electron chi connectivity index (χ1n) is 7.34. The van der Waals surface area contributed by atoms with Crippen LogP contribution in [-0.4, -0.2) is 10.8 Å². The fraction of sp³-hybridized carbons (Fsp3) is 0. The molecule has 3 aromatic rings. The van der Waals surface area contributed by atoms with Gasteiger partial charge in [0.1, 0.15) is 5.69 Å². The van der Waals surface area contributed by atoms with Crippen LogP contribution in [0, 0.1) is 0 Å². The molecule has 1 heterocycles. The average molecular weight is 316 g/mol. The lowest BCUT2D eigenvalue weighted by Crippen LogP contribution is -2.13. The van der Waals surface area contributed by atoms with Crippen LogP contribution in [-0.2, 0) is 0 Å². The first-order chi connectivity index (χ1) is 11.7. The monoisotopic (exact) mass is 316 g/mol. The number of nitrogens with two attached hydrogens (primary N) is 2. The number of aromatic nitrogens is 1. The molecule has 1 aromatic heterocycles. The molecule has 24 heavy (non-hydrogen) atoms. The van der Waals surface area contributed by atoms with Crippen molar-refractivity contribution in [1.29, 1.82) is 0 Å². The van der Waals surface area contributed by atoms with Crippen molar-refractivity contribution in [2.24, 2.45) is 21.2 Å². The Bertz CT molecular complexity index is 870. The first kappa shape index (κ1) is 15.4. The molecule has 0 aliphatic rings. The third-order valence-electron chi connectivity index (χ3n) is 3.38. The Morgan fingerprint density at radius 3 is 2.33 bits per heavy atom. The maximum Gasteiger partial charge on any atom is 0.173 e. The smallest absolute Gasteiger partial charge is 0.173 e. The minimum atomic E-state index is 0.216. The number of pyridine rings is 1. The zero-order valence-electron chi connectivity index (χ0n) is 12.9. The molecule has 0 aliphatic carbocycles. The summed E-state index contributed by atoms with van der Waals surface area (Å²) in [6.45, 7) is 0. The molecular weight excluding hydrogens is 300 g/mol. The summed E-state index contributed by atoms with van der Waals surface area (Å²) >= 11 is 0. The molecule has 0 spiro atoms. The number of nitrogen functional groups attached to an aromatic ring is 1. The van der Waals surface area contributed by atoms with Gasteiger partial charge in [-0.3, -0.25) is 4.98 Å². The first-order valence-corrected chi connectivity index (χ1v) is 7.34. The van der Waals surface area contributed by atoms with Crippen LogP contribution in [0.3, 0.4) is 0 Å². The van der Waals surface area contributed by atoms with Crippen LogP contribution in [0.25, 0.3) is 11.1 Å². The van der Waals surface area contributed by atoms with Crippen molar-refractivity contribution in [3.63, 3.8) is 0 Å². The molecule has 0 saturated heterocycles. The van der Waals surface area contributed by atoms with E-state index in [2.05, 4.69) is 20.4 Å². The van der Waals surface area contributed by atoms with Crippen LogP contribution in [0.2, 0.25) is 0 Å². The Labute approximate surface area is 139 Å². The van der Waals surface area contributed by atoms with Crippen LogP contribution in [0.15, 0.2) is 88.4 Å². The molecule has 0 saturated carbocycles. The van der Waals surface area contributed by atoms with Crippen LogP contribution >= 0.6 is 0 Å². The van der Waals surface area contributed by atoms with E-state index < -0.39 is 0 Å². The van der Waals surface area contributed by atoms with Gasteiger partial charge in [-0.2, -0.15) is 0 Å². The van der Waals surface area contributed by atoms with E-state index in [0.717, 1.165) is 16.8 Å². The van der Waals surface area contributed by atoms with Gasteiger partial charge in [0.05, 0.1) is 5.69 Å². The van der Waals surface area contributed by atoms with Crippen LogP contribution < -0.4 is 11.5 Å². The zero-order chi connectivity index (χ0) is 16.8. The second kappa shape index (κ2) is 7.15. The summed E-state index contributed by atoms with van der Waals surface area (Å²) in [7, 11) is 0. The van der Waals surface area contributed by atoms with E-state index in [0.29, 0.717) is 11.4 Å². The van der Waals surface area contributed by atoms with E-state index >= 15 is 0 Å². The van der Waals surface area contributed by atoms with Gasteiger partial charge in [0.15, 0.2) is 5.84 Å². The highest BCUT2D eigenvalue weighted by Crippen LogP contribution is 2.27. The SMILES string of the molecule is NC(=NN=Nc1ccc(-c2ccccc2N)cc1)c1ccccn1. The fourth-order valence-electron chi connectivity index (χ4n) is 2.16. The van der Waals surface area contributed by atoms with Crippen molar-refractivity contribution in [2.75, 3.05) is 5.73 Å². The van der Waals surface area contributed by atoms with Gasteiger partial charge in [0.25, 0.3) is 0 Å². The summed E-state index contributed by atoms with van der Waals surface area (Å²) in [5.74, 6) is 0.216. The van der Waals surface area contributed by atoms with Gasteiger partial charge in [0.2, 0.25) is 0 Å². The highest BCUT2D eigenvalue weighted by molar-refractivity contribution is 5.95. The lowest BCUT2D eigenvalue weighted by Gasteiger charge is -2.05. The quantitative estimate of drug-likeness (QED) is 0.252. The molecule has 2 aromatic carbocycles. The highest BCUT2D eigenvalue weighted by Gasteiger charge is 2.01. The van der Waals surface area contributed by atoms with Gasteiger partial charge in [-0.05, 0) is 41.1 Å². The number of para-hydroxylation sites is 1. The van der Waals surface area contributed by atoms with Gasteiger partial charge in [-0.1, -0.05) is 36.4 Å². The molecule has 118 valence electrons. The van der Waals surface area contributed by atoms with Gasteiger partial charge >= 0.3 is 0 Å². The standard InChI is InChI=1S/C18H16N6/c19-16-6-2-1-5-15(16)13-8-10-14(11-9-13)22-24-23-18(20)17-7-3-4-12-21-17/h1-12H,19H2,(H2,20,22,23). The lowest BCUT2D eigenvalue weighted by molar-refractivity contribution is 1.05. The van der Waals surface area contributed by atoms with Gasteiger partial charge < -0.3 is 11.5 Å². The molecule has 0 unspecified atom stereocenters. The van der Waals surface area contributed by atoms with Gasteiger partial charge in [0, 0.05) is 17.4 Å². The highest BCUT2D eigenvalue weighted by atomic mass is 15.4. The molecule has 0 bridgehead atoms. The van der Waals surface area contributed by atoms with Crippen LogP contribution in [0.5, 0.6) is 0 Å². The number of hydrogen-bond donors (Lipinski definition) is 2. The van der Waals surface area contributed by atoms with Crippen molar-refractivity contribution in [2.45, 2.75) is 0 Å². The molecule has 0 atom stereocenters. The van der Waals surface area contributed by atoms with Crippen molar-refractivity contribution >= 4 is 17.2 Å². The third-order valence-corrected chi connectivity index (χ3v) is 3.38. The third kappa shape index (κ3) is 3.61. The van der Waals surface area contributed by atoms with Crippen LogP contribution in [0.4, 0.5) is 11.4 Å². The number of hydrogen-bond acceptors (Lipinski definition) is 4. The topological polar surface area (TPSA) is 102 Å². The fourth-order valence-corrected chi connectivity index (χ4v) is 2.16. The van der Waals surface area contributed by atoms with E-state index in [1.54, 1.807) is 18.3 Å². The summed E-state index contributed by atoms with van der Waals surface area (Å²) < 4.78 is 0. The Balaban J connectivity index is 1.74. The molecular formula is C18H16N6. The van der Waals surface area contributed by atoms with E-state index in [-0.39, 0.29) is 5.84 Å². The minimum absolute atomic E-state index is 0.216. The number of nitrogens with zero attached hydrogens (tertiary/aromatic N) is 4. The molecule has 0 amide bonds. The zero-order valence-corrected chi connectivity index (χ0v) is 12.9. The van der Waals surface area contributed by atoms with Crippen molar-refractivity contribution < 1.29 is 0 Å². The molecule has 0 radical (unpaired) electrons. The molecule has 6 nitrogen and oxygen atoms in total. The Hall–Kier alpha value is -3.54. The van der Waals surface area contributed by atoms with Gasteiger partial charge in [-0.15, -0.1) is 10.2 Å². The summed E-state index contributed by atoms with van der Waals surface area (Å²) in [6, 6.07) is 20.7. The second-order valence-corrected chi connectivity index (χ2v) is 5.02. The Morgan fingerprint density at radius 2 is 1.62 bits per heavy atom.